The average Bonchev–Trinajstić information content (AvgIpc) is 4.05. The lowest BCUT2D eigenvalue weighted by Gasteiger charge is -2.33. The lowest BCUT2D eigenvalue weighted by Crippen LogP contribution is -2.16. The van der Waals surface area contributed by atoms with Gasteiger partial charge < -0.3 is 14.2 Å². The SMILES string of the molecule is c1ccc(-c2cccc(-c3ccc4c(c3N(c3ccccc3)c3ccc5cc6c(cc5c3)oc3cc5cc(N(c7ccccc7)c7c(-c8cccc(-c9ccccc9)c8)ccc8c7CCCC8)ccc5cc36)CCCC4)c2)cc1. The van der Waals surface area contributed by atoms with E-state index >= 15 is 0 Å². The topological polar surface area (TPSA) is 19.6 Å². The van der Waals surface area contributed by atoms with Gasteiger partial charge in [0.25, 0.3) is 0 Å². The Labute approximate surface area is 462 Å². The largest absolute Gasteiger partial charge is 0.456 e. The van der Waals surface area contributed by atoms with Gasteiger partial charge in [-0.3, -0.25) is 0 Å². The van der Waals surface area contributed by atoms with E-state index in [9.17, 15) is 0 Å². The maximum atomic E-state index is 6.98. The zero-order chi connectivity index (χ0) is 52.2. The summed E-state index contributed by atoms with van der Waals surface area (Å²) in [4.78, 5) is 5.05. The van der Waals surface area contributed by atoms with Crippen LogP contribution in [0.1, 0.15) is 47.9 Å². The molecule has 15 rings (SSSR count). The van der Waals surface area contributed by atoms with Crippen LogP contribution in [0.25, 0.3) is 88.0 Å². The smallest absolute Gasteiger partial charge is 0.136 e. The number of rotatable bonds is 10. The van der Waals surface area contributed by atoms with Crippen molar-refractivity contribution in [2.75, 3.05) is 9.80 Å². The minimum absolute atomic E-state index is 0.890. The first-order valence-electron chi connectivity index (χ1n) is 28.3. The van der Waals surface area contributed by atoms with Crippen molar-refractivity contribution in [3.8, 4) is 44.5 Å². The summed E-state index contributed by atoms with van der Waals surface area (Å²) in [5.74, 6) is 0. The van der Waals surface area contributed by atoms with Crippen molar-refractivity contribution in [2.24, 2.45) is 0 Å². The summed E-state index contributed by atoms with van der Waals surface area (Å²) in [5.41, 5.74) is 24.5. The fraction of sp³-hybridized carbons (Fsp3) is 0.105. The number of hydrogen-bond donors (Lipinski definition) is 0. The summed E-state index contributed by atoms with van der Waals surface area (Å²) in [6.45, 7) is 0. The standard InChI is InChI=1S/C76H58N2O/c1-5-19-51(20-6-1)55-25-17-27-59(43-55)69-41-37-53-23-13-15-33-67(53)75(69)77(63-29-9-3-10-30-63)65-39-35-57-47-71-72-48-58-36-40-66(46-62(58)50-74(72)79-73(71)49-61(57)45-65)78(64-31-11-4-12-32-64)76-68-34-16-14-24-54(68)38-42-70(76)60-28-18-26-56(44-60)52-21-7-2-8-22-52/h1-12,17-22,25-32,35-50H,13-16,23-24,33-34H2. The van der Waals surface area contributed by atoms with Crippen LogP contribution in [0.3, 0.4) is 0 Å². The van der Waals surface area contributed by atoms with Gasteiger partial charge >= 0.3 is 0 Å². The normalized spacial score (nSPS) is 13.2. The van der Waals surface area contributed by atoms with Gasteiger partial charge in [-0.15, -0.1) is 0 Å². The minimum atomic E-state index is 0.890. The number of aryl methyl sites for hydroxylation is 2. The lowest BCUT2D eigenvalue weighted by atomic mass is 9.85. The molecule has 0 radical (unpaired) electrons. The van der Waals surface area contributed by atoms with E-state index < -0.39 is 0 Å². The molecule has 3 nitrogen and oxygen atoms in total. The molecule has 0 aliphatic heterocycles. The molecular formula is C76H58N2O. The lowest BCUT2D eigenvalue weighted by molar-refractivity contribution is 0.670. The van der Waals surface area contributed by atoms with Crippen molar-refractivity contribution < 1.29 is 4.42 Å². The van der Waals surface area contributed by atoms with Gasteiger partial charge in [-0.2, -0.15) is 0 Å². The molecule has 0 saturated heterocycles. The molecule has 3 heteroatoms. The predicted octanol–water partition coefficient (Wildman–Crippen LogP) is 21.3. The fourth-order valence-electron chi connectivity index (χ4n) is 13.1. The molecule has 79 heavy (non-hydrogen) atoms. The van der Waals surface area contributed by atoms with Gasteiger partial charge in [0, 0.05) is 44.6 Å². The third-order valence-electron chi connectivity index (χ3n) is 16.9. The summed E-state index contributed by atoms with van der Waals surface area (Å²) in [6.07, 6.45) is 9.08. The third-order valence-corrected chi connectivity index (χ3v) is 16.9. The second-order valence-electron chi connectivity index (χ2n) is 21.7. The number of para-hydroxylation sites is 2. The summed E-state index contributed by atoms with van der Waals surface area (Å²) in [5, 5.41) is 6.91. The van der Waals surface area contributed by atoms with Gasteiger partial charge in [0.15, 0.2) is 0 Å². The van der Waals surface area contributed by atoms with E-state index in [1.165, 1.54) is 115 Å². The Balaban J connectivity index is 0.854. The van der Waals surface area contributed by atoms with E-state index in [1.807, 2.05) is 0 Å². The molecule has 0 saturated carbocycles. The van der Waals surface area contributed by atoms with Crippen molar-refractivity contribution in [3.05, 3.63) is 277 Å². The van der Waals surface area contributed by atoms with Crippen LogP contribution >= 0.6 is 0 Å². The Kier molecular flexibility index (Phi) is 11.8. The van der Waals surface area contributed by atoms with Gasteiger partial charge in [0.2, 0.25) is 0 Å². The van der Waals surface area contributed by atoms with E-state index in [-0.39, 0.29) is 0 Å². The zero-order valence-electron chi connectivity index (χ0n) is 44.2. The highest BCUT2D eigenvalue weighted by Crippen LogP contribution is 2.50. The van der Waals surface area contributed by atoms with Gasteiger partial charge in [-0.1, -0.05) is 170 Å². The molecule has 0 bridgehead atoms. The van der Waals surface area contributed by atoms with Gasteiger partial charge in [-0.25, -0.2) is 0 Å². The maximum absolute atomic E-state index is 6.98. The third kappa shape index (κ3) is 8.54. The van der Waals surface area contributed by atoms with Crippen molar-refractivity contribution in [1.82, 2.24) is 0 Å². The number of nitrogens with zero attached hydrogens (tertiary/aromatic N) is 2. The summed E-state index contributed by atoms with van der Waals surface area (Å²) >= 11 is 0. The van der Waals surface area contributed by atoms with Gasteiger partial charge in [0.05, 0.1) is 11.4 Å². The number of furan rings is 1. The highest BCUT2D eigenvalue weighted by Gasteiger charge is 2.27. The molecule has 13 aromatic rings. The minimum Gasteiger partial charge on any atom is -0.456 e. The first-order valence-corrected chi connectivity index (χ1v) is 28.3. The van der Waals surface area contributed by atoms with Gasteiger partial charge in [-0.05, 0) is 213 Å². The summed E-state index contributed by atoms with van der Waals surface area (Å²) in [7, 11) is 0. The van der Waals surface area contributed by atoms with Crippen LogP contribution in [0.4, 0.5) is 34.1 Å². The fourth-order valence-corrected chi connectivity index (χ4v) is 13.1. The number of anilines is 6. The molecule has 0 fully saturated rings. The quantitative estimate of drug-likeness (QED) is 0.136. The van der Waals surface area contributed by atoms with Crippen LogP contribution in [0.2, 0.25) is 0 Å². The highest BCUT2D eigenvalue weighted by molar-refractivity contribution is 6.14. The van der Waals surface area contributed by atoms with Crippen molar-refractivity contribution in [2.45, 2.75) is 51.4 Å². The van der Waals surface area contributed by atoms with E-state index in [2.05, 4.69) is 265 Å². The molecule has 0 N–H and O–H groups in total. The molecule has 0 unspecified atom stereocenters. The van der Waals surface area contributed by atoms with Crippen LogP contribution in [-0.4, -0.2) is 0 Å². The Morgan fingerprint density at radius 3 is 1.10 bits per heavy atom. The average molecular weight is 1020 g/mol. The number of benzene rings is 12. The molecule has 0 atom stereocenters. The Morgan fingerprint density at radius 1 is 0.266 bits per heavy atom. The van der Waals surface area contributed by atoms with Crippen molar-refractivity contribution in [3.63, 3.8) is 0 Å². The number of fused-ring (bicyclic) bond motifs is 7. The van der Waals surface area contributed by atoms with E-state index in [1.54, 1.807) is 0 Å². The van der Waals surface area contributed by atoms with Crippen LogP contribution in [0.5, 0.6) is 0 Å². The molecule has 378 valence electrons. The second-order valence-corrected chi connectivity index (χ2v) is 21.7. The zero-order valence-corrected chi connectivity index (χ0v) is 44.2. The Bertz CT molecular complexity index is 4140. The second kappa shape index (κ2) is 19.8. The summed E-state index contributed by atoms with van der Waals surface area (Å²) < 4.78 is 6.98. The molecular weight excluding hydrogens is 957 g/mol. The van der Waals surface area contributed by atoms with Crippen LogP contribution < -0.4 is 9.80 Å². The Morgan fingerprint density at radius 2 is 0.658 bits per heavy atom. The van der Waals surface area contributed by atoms with Crippen LogP contribution in [0.15, 0.2) is 259 Å². The predicted molar refractivity (Wildman–Crippen MR) is 333 cm³/mol. The van der Waals surface area contributed by atoms with Crippen LogP contribution in [0, 0.1) is 0 Å². The molecule has 2 aliphatic carbocycles. The van der Waals surface area contributed by atoms with Crippen LogP contribution in [-0.2, 0) is 25.7 Å². The van der Waals surface area contributed by atoms with Gasteiger partial charge in [0.1, 0.15) is 11.2 Å². The first kappa shape index (κ1) is 46.8. The van der Waals surface area contributed by atoms with Crippen molar-refractivity contribution >= 4 is 77.6 Å². The first-order chi connectivity index (χ1) is 39.1. The number of hydrogen-bond acceptors (Lipinski definition) is 3. The highest BCUT2D eigenvalue weighted by atomic mass is 16.3. The van der Waals surface area contributed by atoms with E-state index in [0.717, 1.165) is 81.1 Å². The Hall–Kier alpha value is -9.44. The van der Waals surface area contributed by atoms with E-state index in [0.29, 0.717) is 0 Å². The molecule has 1 heterocycles. The summed E-state index contributed by atoms with van der Waals surface area (Å²) in [6, 6.07) is 94.3. The molecule has 1 aromatic heterocycles. The molecule has 2 aliphatic rings. The maximum Gasteiger partial charge on any atom is 0.136 e. The molecule has 0 amide bonds. The van der Waals surface area contributed by atoms with E-state index in [4.69, 9.17) is 4.42 Å². The monoisotopic (exact) mass is 1010 g/mol. The molecule has 12 aromatic carbocycles. The molecule has 0 spiro atoms. The van der Waals surface area contributed by atoms with Crippen molar-refractivity contribution in [1.29, 1.82) is 0 Å².